The van der Waals surface area contributed by atoms with Crippen molar-refractivity contribution in [2.75, 3.05) is 18.9 Å². The maximum absolute atomic E-state index is 13.0. The zero-order valence-electron chi connectivity index (χ0n) is 17.6. The molecule has 1 heterocycles. The van der Waals surface area contributed by atoms with E-state index in [0.717, 1.165) is 5.56 Å². The standard InChI is InChI=1S/C23H27N2O6P.2Li.2H/c26-21(25-13-7-12-20(25)23(28)29)16-32(30,31)15-19(14-17-8-3-1-4-9-17)24-22(27)18-10-5-2-6-11-18;;;;/h1-6,8-11,19-20H,7,12-16H2,(H,24,27)(H,28,29)(H,30,31);;;;/t19?,20-;;;;/m0..../s1. The van der Waals surface area contributed by atoms with Crippen LogP contribution >= 0.6 is 7.37 Å². The molecule has 0 bridgehead atoms. The summed E-state index contributed by atoms with van der Waals surface area (Å²) in [6.45, 7) is 0.258. The van der Waals surface area contributed by atoms with Gasteiger partial charge < -0.3 is 20.2 Å². The van der Waals surface area contributed by atoms with Crippen LogP contribution in [-0.4, -0.2) is 101 Å². The molecule has 0 aromatic heterocycles. The van der Waals surface area contributed by atoms with Crippen LogP contribution in [0.25, 0.3) is 0 Å². The van der Waals surface area contributed by atoms with Gasteiger partial charge >= 0.3 is 43.7 Å². The molecule has 0 saturated carbocycles. The van der Waals surface area contributed by atoms with Crippen molar-refractivity contribution in [3.8, 4) is 0 Å². The summed E-state index contributed by atoms with van der Waals surface area (Å²) in [5.74, 6) is -2.13. The van der Waals surface area contributed by atoms with Gasteiger partial charge in [0.05, 0.1) is 0 Å². The Balaban J connectivity index is 0.00000289. The van der Waals surface area contributed by atoms with E-state index in [4.69, 9.17) is 0 Å². The summed E-state index contributed by atoms with van der Waals surface area (Å²) >= 11 is 0. The average molecular weight is 474 g/mol. The Bertz CT molecular complexity index is 1010. The van der Waals surface area contributed by atoms with Gasteiger partial charge in [-0.1, -0.05) is 48.5 Å². The molecule has 8 nitrogen and oxygen atoms in total. The van der Waals surface area contributed by atoms with E-state index in [1.807, 2.05) is 30.3 Å². The zero-order chi connectivity index (χ0) is 23.1. The molecule has 0 spiro atoms. The van der Waals surface area contributed by atoms with E-state index in [1.54, 1.807) is 30.3 Å². The number of nitrogens with one attached hydrogen (secondary N) is 1. The van der Waals surface area contributed by atoms with Gasteiger partial charge in [0.1, 0.15) is 12.2 Å². The molecule has 11 heteroatoms. The van der Waals surface area contributed by atoms with Crippen LogP contribution in [0, 0.1) is 0 Å². The van der Waals surface area contributed by atoms with Gasteiger partial charge in [0, 0.05) is 24.3 Å². The number of likely N-dealkylation sites (tertiary alicyclic amines) is 1. The van der Waals surface area contributed by atoms with Crippen molar-refractivity contribution in [3.63, 3.8) is 0 Å². The van der Waals surface area contributed by atoms with Gasteiger partial charge in [0.15, 0.2) is 0 Å². The first-order valence-electron chi connectivity index (χ1n) is 10.5. The Labute approximate surface area is 223 Å². The number of carbonyl (C=O) groups is 3. The number of nitrogens with zero attached hydrogens (tertiary/aromatic N) is 1. The fraction of sp³-hybridized carbons (Fsp3) is 0.348. The molecule has 0 aliphatic carbocycles. The SMILES string of the molecule is O=C(NC(Cc1ccccc1)CP(=O)(O)CC(=O)N1CCC[C@H]1C(=O)O)c1ccccc1.[LiH].[LiH]. The molecule has 2 amide bonds. The van der Waals surface area contributed by atoms with E-state index < -0.39 is 37.5 Å². The minimum absolute atomic E-state index is 0. The molecule has 34 heavy (non-hydrogen) atoms. The fourth-order valence-corrected chi connectivity index (χ4v) is 5.59. The Hall–Kier alpha value is -1.77. The second kappa shape index (κ2) is 14.0. The first kappa shape index (κ1) is 30.3. The number of carbonyl (C=O) groups excluding carboxylic acids is 2. The molecule has 1 aliphatic heterocycles. The van der Waals surface area contributed by atoms with Crippen molar-refractivity contribution in [3.05, 3.63) is 71.8 Å². The number of amides is 2. The van der Waals surface area contributed by atoms with Crippen LogP contribution in [0.2, 0.25) is 0 Å². The summed E-state index contributed by atoms with van der Waals surface area (Å²) in [7, 11) is -4.00. The molecule has 2 aromatic rings. The van der Waals surface area contributed by atoms with Crippen LogP contribution in [0.15, 0.2) is 60.7 Å². The van der Waals surface area contributed by atoms with Crippen LogP contribution < -0.4 is 5.32 Å². The third-order valence-corrected chi connectivity index (χ3v) is 7.22. The van der Waals surface area contributed by atoms with E-state index in [-0.39, 0.29) is 56.3 Å². The average Bonchev–Trinajstić information content (AvgIpc) is 3.25. The number of aliphatic carboxylic acids is 1. The van der Waals surface area contributed by atoms with Crippen LogP contribution in [0.4, 0.5) is 0 Å². The van der Waals surface area contributed by atoms with Gasteiger partial charge in [-0.3, -0.25) is 14.2 Å². The normalized spacial score (nSPS) is 17.4. The van der Waals surface area contributed by atoms with Gasteiger partial charge in [-0.15, -0.1) is 0 Å². The summed E-state index contributed by atoms with van der Waals surface area (Å²) in [5.41, 5.74) is 1.30. The molecule has 0 radical (unpaired) electrons. The summed E-state index contributed by atoms with van der Waals surface area (Å²) in [5, 5.41) is 12.1. The van der Waals surface area contributed by atoms with Crippen molar-refractivity contribution in [2.45, 2.75) is 31.3 Å². The number of hydrogen-bond acceptors (Lipinski definition) is 4. The number of carboxylic acids is 1. The predicted octanol–water partition coefficient (Wildman–Crippen LogP) is 1.08. The monoisotopic (exact) mass is 474 g/mol. The van der Waals surface area contributed by atoms with Crippen molar-refractivity contribution in [1.29, 1.82) is 0 Å². The first-order chi connectivity index (χ1) is 15.2. The van der Waals surface area contributed by atoms with E-state index >= 15 is 0 Å². The van der Waals surface area contributed by atoms with Crippen molar-refractivity contribution in [1.82, 2.24) is 10.2 Å². The molecule has 2 unspecified atom stereocenters. The molecule has 1 saturated heterocycles. The van der Waals surface area contributed by atoms with Gasteiger partial charge in [-0.05, 0) is 37.0 Å². The van der Waals surface area contributed by atoms with Gasteiger partial charge in [-0.2, -0.15) is 0 Å². The number of benzene rings is 2. The predicted molar refractivity (Wildman–Crippen MR) is 134 cm³/mol. The van der Waals surface area contributed by atoms with Crippen molar-refractivity contribution >= 4 is 62.9 Å². The van der Waals surface area contributed by atoms with E-state index in [9.17, 15) is 28.9 Å². The topological polar surface area (TPSA) is 124 Å². The van der Waals surface area contributed by atoms with E-state index in [0.29, 0.717) is 24.8 Å². The van der Waals surface area contributed by atoms with Crippen LogP contribution in [0.5, 0.6) is 0 Å². The number of carboxylic acid groups (broad SMARTS) is 1. The Morgan fingerprint density at radius 3 is 2.21 bits per heavy atom. The molecule has 1 fully saturated rings. The Morgan fingerprint density at radius 2 is 1.62 bits per heavy atom. The fourth-order valence-electron chi connectivity index (χ4n) is 3.95. The van der Waals surface area contributed by atoms with Crippen LogP contribution in [0.3, 0.4) is 0 Å². The van der Waals surface area contributed by atoms with E-state index in [1.165, 1.54) is 4.90 Å². The quantitative estimate of drug-likeness (QED) is 0.369. The first-order valence-corrected chi connectivity index (χ1v) is 12.5. The van der Waals surface area contributed by atoms with Crippen LogP contribution in [-0.2, 0) is 20.6 Å². The number of rotatable bonds is 9. The maximum atomic E-state index is 13.0. The van der Waals surface area contributed by atoms with E-state index in [2.05, 4.69) is 5.32 Å². The third-order valence-electron chi connectivity index (χ3n) is 5.44. The molecule has 3 N–H and O–H groups in total. The Kier molecular flexibility index (Phi) is 12.4. The van der Waals surface area contributed by atoms with Crippen molar-refractivity contribution < 1.29 is 28.9 Å². The summed E-state index contributed by atoms with van der Waals surface area (Å²) in [6, 6.07) is 16.2. The Morgan fingerprint density at radius 1 is 1.03 bits per heavy atom. The molecular formula is C23H29Li2N2O6P. The summed E-state index contributed by atoms with van der Waals surface area (Å²) < 4.78 is 13.0. The second-order valence-corrected chi connectivity index (χ2v) is 10.4. The molecular weight excluding hydrogens is 445 g/mol. The van der Waals surface area contributed by atoms with Gasteiger partial charge in [0.2, 0.25) is 13.3 Å². The summed E-state index contributed by atoms with van der Waals surface area (Å²) in [4.78, 5) is 48.4. The molecule has 174 valence electrons. The third kappa shape index (κ3) is 8.79. The molecule has 3 rings (SSSR count). The molecule has 2 aromatic carbocycles. The zero-order valence-corrected chi connectivity index (χ0v) is 18.5. The summed E-state index contributed by atoms with van der Waals surface area (Å²) in [6.07, 6.45) is 0.253. The van der Waals surface area contributed by atoms with Gasteiger partial charge in [0.25, 0.3) is 5.91 Å². The van der Waals surface area contributed by atoms with Crippen LogP contribution in [0.1, 0.15) is 28.8 Å². The number of hydrogen-bond donors (Lipinski definition) is 3. The second-order valence-electron chi connectivity index (χ2n) is 8.00. The van der Waals surface area contributed by atoms with Gasteiger partial charge in [-0.25, -0.2) is 4.79 Å². The van der Waals surface area contributed by atoms with Crippen molar-refractivity contribution in [2.24, 2.45) is 0 Å². The molecule has 3 atom stereocenters. The minimum atomic E-state index is -4.00. The molecule has 1 aliphatic rings.